The zero-order valence-corrected chi connectivity index (χ0v) is 9.90. The van der Waals surface area contributed by atoms with Crippen LogP contribution in [-0.4, -0.2) is 28.2 Å². The quantitative estimate of drug-likeness (QED) is 0.596. The van der Waals surface area contributed by atoms with Crippen LogP contribution in [0.2, 0.25) is 0 Å². The summed E-state index contributed by atoms with van der Waals surface area (Å²) in [6, 6.07) is 0. The molecule has 4 atom stereocenters. The summed E-state index contributed by atoms with van der Waals surface area (Å²) >= 11 is 0. The molecule has 0 aromatic rings. The van der Waals surface area contributed by atoms with Gasteiger partial charge in [-0.15, -0.1) is 0 Å². The molecule has 0 spiro atoms. The Morgan fingerprint density at radius 1 is 1.15 bits per heavy atom. The Bertz CT molecular complexity index is 198. The van der Waals surface area contributed by atoms with Crippen LogP contribution < -0.4 is 0 Å². The molecule has 2 aliphatic heterocycles. The monoisotopic (exact) mass is 200 g/mol. The van der Waals surface area contributed by atoms with E-state index in [1.807, 2.05) is 0 Å². The van der Waals surface area contributed by atoms with Gasteiger partial charge in [0.05, 0.1) is 6.10 Å². The van der Waals surface area contributed by atoms with E-state index in [1.54, 1.807) is 0 Å². The maximum absolute atomic E-state index is 9.87. The summed E-state index contributed by atoms with van der Waals surface area (Å²) in [5.74, 6) is 0. The van der Waals surface area contributed by atoms with Crippen LogP contribution in [0.15, 0.2) is 0 Å². The van der Waals surface area contributed by atoms with Crippen molar-refractivity contribution in [1.82, 2.24) is 0 Å². The van der Waals surface area contributed by atoms with E-state index in [0.717, 1.165) is 12.8 Å². The Labute approximate surface area is 82.7 Å². The average Bonchev–Trinajstić information content (AvgIpc) is 1.97. The summed E-state index contributed by atoms with van der Waals surface area (Å²) in [4.78, 5) is 0. The van der Waals surface area contributed by atoms with Crippen LogP contribution in [-0.2, 0) is 0 Å². The fourth-order valence-electron chi connectivity index (χ4n) is 3.40. The van der Waals surface area contributed by atoms with Gasteiger partial charge in [-0.25, -0.2) is 0 Å². The molecule has 0 aromatic heterocycles. The van der Waals surface area contributed by atoms with Crippen molar-refractivity contribution in [1.29, 1.82) is 0 Å². The van der Waals surface area contributed by atoms with Gasteiger partial charge in [-0.05, 0) is 42.7 Å². The molecule has 2 bridgehead atoms. The number of hydrogen-bond donors (Lipinski definition) is 1. The van der Waals surface area contributed by atoms with Gasteiger partial charge in [-0.3, -0.25) is 0 Å². The van der Waals surface area contributed by atoms with Crippen molar-refractivity contribution in [2.45, 2.75) is 62.4 Å². The number of aliphatic hydroxyl groups is 1. The first-order valence-corrected chi connectivity index (χ1v) is 7.17. The summed E-state index contributed by atoms with van der Waals surface area (Å²) in [5.41, 5.74) is 0. The highest BCUT2D eigenvalue weighted by molar-refractivity contribution is 7.60. The Hall–Kier alpha value is 0.390. The number of hydrogen-bond acceptors (Lipinski definition) is 1. The van der Waals surface area contributed by atoms with Crippen molar-refractivity contribution in [2.24, 2.45) is 0 Å². The average molecular weight is 200 g/mol. The second-order valence-corrected chi connectivity index (χ2v) is 8.75. The minimum atomic E-state index is -0.0194. The summed E-state index contributed by atoms with van der Waals surface area (Å²) in [7, 11) is 0.120. The van der Waals surface area contributed by atoms with Crippen molar-refractivity contribution in [2.75, 3.05) is 6.66 Å². The zero-order chi connectivity index (χ0) is 9.69. The molecule has 2 fully saturated rings. The van der Waals surface area contributed by atoms with Gasteiger partial charge in [-0.1, -0.05) is 28.2 Å². The molecule has 0 amide bonds. The molecular weight excluding hydrogens is 179 g/mol. The second kappa shape index (κ2) is 2.94. The first-order valence-electron chi connectivity index (χ1n) is 5.38. The van der Waals surface area contributed by atoms with E-state index in [9.17, 15) is 5.11 Å². The van der Waals surface area contributed by atoms with E-state index in [4.69, 9.17) is 0 Å². The van der Waals surface area contributed by atoms with Crippen LogP contribution in [0.3, 0.4) is 0 Å². The minimum absolute atomic E-state index is 0.0194. The van der Waals surface area contributed by atoms with E-state index < -0.39 is 0 Å². The van der Waals surface area contributed by atoms with Crippen molar-refractivity contribution in [3.8, 4) is 0 Å². The van der Waals surface area contributed by atoms with Crippen LogP contribution in [0.5, 0.6) is 0 Å². The third kappa shape index (κ3) is 1.45. The summed E-state index contributed by atoms with van der Waals surface area (Å²) in [6.45, 7) is 7.26. The van der Waals surface area contributed by atoms with Crippen LogP contribution in [0, 0.1) is 0 Å². The standard InChI is InChI=1S/C11H21OP/c1-10-5-4-6-11(2,13(10)3)8-9(12)7-10/h9,12H,4-8H2,1-3H3/t9?,10-,11?,13?/m0/s1. The molecule has 2 heterocycles. The van der Waals surface area contributed by atoms with E-state index in [-0.39, 0.29) is 14.0 Å². The predicted molar refractivity (Wildman–Crippen MR) is 58.7 cm³/mol. The normalized spacial score (nSPS) is 56.3. The van der Waals surface area contributed by atoms with Crippen LogP contribution in [0.4, 0.5) is 0 Å². The Kier molecular flexibility index (Phi) is 2.24. The fraction of sp³-hybridized carbons (Fsp3) is 1.00. The lowest BCUT2D eigenvalue weighted by Gasteiger charge is -2.57. The largest absolute Gasteiger partial charge is 0.393 e. The van der Waals surface area contributed by atoms with Gasteiger partial charge < -0.3 is 5.11 Å². The lowest BCUT2D eigenvalue weighted by Crippen LogP contribution is -2.47. The van der Waals surface area contributed by atoms with Crippen molar-refractivity contribution in [3.05, 3.63) is 0 Å². The summed E-state index contributed by atoms with van der Waals surface area (Å²) in [6.07, 6.45) is 6.18. The molecule has 2 heteroatoms. The van der Waals surface area contributed by atoms with E-state index in [2.05, 4.69) is 20.5 Å². The molecule has 1 nitrogen and oxygen atoms in total. The topological polar surface area (TPSA) is 20.2 Å². The molecular formula is C11H21OP. The molecule has 2 saturated heterocycles. The van der Waals surface area contributed by atoms with Crippen molar-refractivity contribution < 1.29 is 5.11 Å². The maximum atomic E-state index is 9.87. The van der Waals surface area contributed by atoms with Gasteiger partial charge in [0, 0.05) is 0 Å². The molecule has 0 aromatic carbocycles. The van der Waals surface area contributed by atoms with Crippen molar-refractivity contribution >= 4 is 7.92 Å². The lowest BCUT2D eigenvalue weighted by molar-refractivity contribution is 0.104. The van der Waals surface area contributed by atoms with Crippen LogP contribution in [0.25, 0.3) is 0 Å². The van der Waals surface area contributed by atoms with Gasteiger partial charge in [0.15, 0.2) is 0 Å². The van der Waals surface area contributed by atoms with Gasteiger partial charge >= 0.3 is 0 Å². The van der Waals surface area contributed by atoms with Crippen LogP contribution in [0.1, 0.15) is 46.0 Å². The minimum Gasteiger partial charge on any atom is -0.393 e. The van der Waals surface area contributed by atoms with Gasteiger partial charge in [0.2, 0.25) is 0 Å². The van der Waals surface area contributed by atoms with Crippen molar-refractivity contribution in [3.63, 3.8) is 0 Å². The van der Waals surface area contributed by atoms with Gasteiger partial charge in [0.1, 0.15) is 0 Å². The smallest absolute Gasteiger partial charge is 0.0557 e. The number of rotatable bonds is 0. The third-order valence-corrected chi connectivity index (χ3v) is 8.45. The Balaban J connectivity index is 2.29. The molecule has 3 unspecified atom stereocenters. The Morgan fingerprint density at radius 3 is 2.08 bits per heavy atom. The molecule has 2 aliphatic rings. The van der Waals surface area contributed by atoms with Gasteiger partial charge in [-0.2, -0.15) is 0 Å². The highest BCUT2D eigenvalue weighted by Crippen LogP contribution is 2.69. The SMILES string of the molecule is CP1C2(C)CCC[C@@]1(C)CC(O)C2. The van der Waals surface area contributed by atoms with Crippen LogP contribution >= 0.6 is 7.92 Å². The Morgan fingerprint density at radius 2 is 1.62 bits per heavy atom. The molecule has 76 valence electrons. The molecule has 1 N–H and O–H groups in total. The first kappa shape index (κ1) is 9.93. The number of aliphatic hydroxyl groups excluding tert-OH is 1. The lowest BCUT2D eigenvalue weighted by atomic mass is 9.83. The summed E-state index contributed by atoms with van der Waals surface area (Å²) < 4.78 is 0. The molecule has 13 heavy (non-hydrogen) atoms. The molecule has 0 aliphatic carbocycles. The zero-order valence-electron chi connectivity index (χ0n) is 9.01. The fourth-order valence-corrected chi connectivity index (χ4v) is 6.66. The third-order valence-electron chi connectivity index (χ3n) is 4.40. The van der Waals surface area contributed by atoms with Gasteiger partial charge in [0.25, 0.3) is 0 Å². The second-order valence-electron chi connectivity index (χ2n) is 5.47. The van der Waals surface area contributed by atoms with E-state index in [1.165, 1.54) is 19.3 Å². The van der Waals surface area contributed by atoms with E-state index >= 15 is 0 Å². The maximum Gasteiger partial charge on any atom is 0.0557 e. The molecule has 0 saturated carbocycles. The summed E-state index contributed by atoms with van der Waals surface area (Å²) in [5, 5.41) is 10.8. The molecule has 2 rings (SSSR count). The first-order chi connectivity index (χ1) is 5.96. The van der Waals surface area contributed by atoms with E-state index in [0.29, 0.717) is 10.3 Å². The highest BCUT2D eigenvalue weighted by Gasteiger charge is 2.51. The highest BCUT2D eigenvalue weighted by atomic mass is 31.1. The predicted octanol–water partition coefficient (Wildman–Crippen LogP) is 2.95. The number of fused-ring (bicyclic) bond motifs is 2. The molecule has 0 radical (unpaired) electrons.